The van der Waals surface area contributed by atoms with Gasteiger partial charge in [-0.15, -0.1) is 0 Å². The number of para-hydroxylation sites is 1. The minimum Gasteiger partial charge on any atom is -0.493 e. The molecule has 0 aromatic heterocycles. The van der Waals surface area contributed by atoms with E-state index in [1.807, 2.05) is 49.9 Å². The lowest BCUT2D eigenvalue weighted by atomic mass is 9.92. The van der Waals surface area contributed by atoms with E-state index in [4.69, 9.17) is 9.47 Å². The second kappa shape index (κ2) is 9.98. The molecule has 1 N–H and O–H groups in total. The summed E-state index contributed by atoms with van der Waals surface area (Å²) in [7, 11) is 0. The van der Waals surface area contributed by atoms with Crippen molar-refractivity contribution in [1.82, 2.24) is 4.90 Å². The van der Waals surface area contributed by atoms with E-state index in [-0.39, 0.29) is 6.09 Å². The summed E-state index contributed by atoms with van der Waals surface area (Å²) >= 11 is 0. The molecular weight excluding hydrogens is 342 g/mol. The summed E-state index contributed by atoms with van der Waals surface area (Å²) in [5.74, 6) is 1.45. The average molecular weight is 378 g/mol. The van der Waals surface area contributed by atoms with Crippen molar-refractivity contribution in [1.29, 1.82) is 0 Å². The van der Waals surface area contributed by atoms with Gasteiger partial charge < -0.3 is 19.5 Å². The third-order valence-electron chi connectivity index (χ3n) is 4.90. The SMILES string of the molecule is CC(O)c1ccccc1OCCCCC1CCN(C(=O)OC(C)(C)C)CC1. The maximum absolute atomic E-state index is 12.1. The van der Waals surface area contributed by atoms with Gasteiger partial charge in [0.1, 0.15) is 11.4 Å². The Balaban J connectivity index is 1.62. The number of likely N-dealkylation sites (tertiary alicyclic amines) is 1. The molecule has 0 aliphatic carbocycles. The Labute approximate surface area is 163 Å². The summed E-state index contributed by atoms with van der Waals surface area (Å²) < 4.78 is 11.3. The van der Waals surface area contributed by atoms with E-state index in [1.165, 1.54) is 6.42 Å². The predicted octanol–water partition coefficient (Wildman–Crippen LogP) is 4.94. The van der Waals surface area contributed by atoms with Gasteiger partial charge in [-0.2, -0.15) is 0 Å². The molecule has 5 nitrogen and oxygen atoms in total. The van der Waals surface area contributed by atoms with Crippen LogP contribution < -0.4 is 4.74 Å². The van der Waals surface area contributed by atoms with Crippen LogP contribution >= 0.6 is 0 Å². The number of aliphatic hydroxyl groups is 1. The molecule has 1 aliphatic rings. The highest BCUT2D eigenvalue weighted by molar-refractivity contribution is 5.68. The molecule has 1 fully saturated rings. The van der Waals surface area contributed by atoms with Crippen LogP contribution in [-0.4, -0.2) is 41.4 Å². The minimum absolute atomic E-state index is 0.189. The van der Waals surface area contributed by atoms with Crippen LogP contribution in [0.15, 0.2) is 24.3 Å². The topological polar surface area (TPSA) is 59.0 Å². The first-order valence-corrected chi connectivity index (χ1v) is 10.1. The van der Waals surface area contributed by atoms with E-state index in [0.717, 1.165) is 50.1 Å². The summed E-state index contributed by atoms with van der Waals surface area (Å²) in [6.07, 6.45) is 4.68. The Bertz CT molecular complexity index is 586. The lowest BCUT2D eigenvalue weighted by Gasteiger charge is -2.33. The Morgan fingerprint density at radius 3 is 2.52 bits per heavy atom. The molecule has 1 heterocycles. The first-order chi connectivity index (χ1) is 12.8. The largest absolute Gasteiger partial charge is 0.493 e. The van der Waals surface area contributed by atoms with Crippen molar-refractivity contribution >= 4 is 6.09 Å². The molecule has 0 bridgehead atoms. The van der Waals surface area contributed by atoms with Crippen molar-refractivity contribution in [2.24, 2.45) is 5.92 Å². The number of piperidine rings is 1. The summed E-state index contributed by atoms with van der Waals surface area (Å²) in [5, 5.41) is 9.78. The molecule has 1 unspecified atom stereocenters. The maximum Gasteiger partial charge on any atom is 0.410 e. The van der Waals surface area contributed by atoms with E-state index in [1.54, 1.807) is 6.92 Å². The van der Waals surface area contributed by atoms with Crippen molar-refractivity contribution in [2.75, 3.05) is 19.7 Å². The Morgan fingerprint density at radius 1 is 1.22 bits per heavy atom. The van der Waals surface area contributed by atoms with Gasteiger partial charge in [-0.25, -0.2) is 4.79 Å². The van der Waals surface area contributed by atoms with Gasteiger partial charge >= 0.3 is 6.09 Å². The van der Waals surface area contributed by atoms with Gasteiger partial charge in [-0.05, 0) is 65.4 Å². The molecule has 1 aromatic rings. The van der Waals surface area contributed by atoms with Gasteiger partial charge in [0.2, 0.25) is 0 Å². The number of amides is 1. The van der Waals surface area contributed by atoms with E-state index in [0.29, 0.717) is 12.5 Å². The molecule has 0 saturated carbocycles. The second-order valence-corrected chi connectivity index (χ2v) is 8.47. The highest BCUT2D eigenvalue weighted by atomic mass is 16.6. The van der Waals surface area contributed by atoms with Crippen LogP contribution in [0.3, 0.4) is 0 Å². The van der Waals surface area contributed by atoms with E-state index in [2.05, 4.69) is 0 Å². The highest BCUT2D eigenvalue weighted by Gasteiger charge is 2.26. The number of hydrogen-bond acceptors (Lipinski definition) is 4. The van der Waals surface area contributed by atoms with Crippen molar-refractivity contribution < 1.29 is 19.4 Å². The maximum atomic E-state index is 12.1. The third-order valence-corrected chi connectivity index (χ3v) is 4.90. The summed E-state index contributed by atoms with van der Waals surface area (Å²) in [6.45, 7) is 9.71. The van der Waals surface area contributed by atoms with Gasteiger partial charge in [0.25, 0.3) is 0 Å². The summed E-state index contributed by atoms with van der Waals surface area (Å²) in [6, 6.07) is 7.66. The number of hydrogen-bond donors (Lipinski definition) is 1. The average Bonchev–Trinajstić information content (AvgIpc) is 2.60. The first-order valence-electron chi connectivity index (χ1n) is 10.1. The van der Waals surface area contributed by atoms with E-state index in [9.17, 15) is 9.90 Å². The molecule has 1 saturated heterocycles. The minimum atomic E-state index is -0.517. The quantitative estimate of drug-likeness (QED) is 0.684. The van der Waals surface area contributed by atoms with Gasteiger partial charge in [0, 0.05) is 18.7 Å². The zero-order valence-electron chi connectivity index (χ0n) is 17.2. The van der Waals surface area contributed by atoms with Crippen LogP contribution in [0.25, 0.3) is 0 Å². The summed E-state index contributed by atoms with van der Waals surface area (Å²) in [4.78, 5) is 13.9. The fourth-order valence-corrected chi connectivity index (χ4v) is 3.41. The van der Waals surface area contributed by atoms with Crippen LogP contribution in [0, 0.1) is 5.92 Å². The molecule has 2 rings (SSSR count). The fraction of sp³-hybridized carbons (Fsp3) is 0.682. The highest BCUT2D eigenvalue weighted by Crippen LogP contribution is 2.26. The Morgan fingerprint density at radius 2 is 1.89 bits per heavy atom. The van der Waals surface area contributed by atoms with Gasteiger partial charge in [0.05, 0.1) is 12.7 Å². The fourth-order valence-electron chi connectivity index (χ4n) is 3.41. The van der Waals surface area contributed by atoms with Crippen LogP contribution in [0.5, 0.6) is 5.75 Å². The molecular formula is C22H35NO4. The number of benzene rings is 1. The number of carbonyl (C=O) groups excluding carboxylic acids is 1. The molecule has 1 atom stereocenters. The number of unbranched alkanes of at least 4 members (excludes halogenated alkanes) is 1. The number of aliphatic hydroxyl groups excluding tert-OH is 1. The van der Waals surface area contributed by atoms with Gasteiger partial charge in [-0.3, -0.25) is 0 Å². The molecule has 0 radical (unpaired) electrons. The van der Waals surface area contributed by atoms with Crippen LogP contribution in [0.4, 0.5) is 4.79 Å². The number of nitrogens with zero attached hydrogens (tertiary/aromatic N) is 1. The predicted molar refractivity (Wildman–Crippen MR) is 107 cm³/mol. The van der Waals surface area contributed by atoms with Crippen molar-refractivity contribution in [3.05, 3.63) is 29.8 Å². The molecule has 152 valence electrons. The molecule has 1 aromatic carbocycles. The Kier molecular flexibility index (Phi) is 7.96. The number of carbonyl (C=O) groups is 1. The van der Waals surface area contributed by atoms with Crippen LogP contribution in [-0.2, 0) is 4.74 Å². The second-order valence-electron chi connectivity index (χ2n) is 8.47. The molecule has 5 heteroatoms. The number of ether oxygens (including phenoxy) is 2. The van der Waals surface area contributed by atoms with E-state index >= 15 is 0 Å². The van der Waals surface area contributed by atoms with Gasteiger partial charge in [0.15, 0.2) is 0 Å². The van der Waals surface area contributed by atoms with Crippen LogP contribution in [0.1, 0.15) is 71.5 Å². The van der Waals surface area contributed by atoms with Crippen molar-refractivity contribution in [3.63, 3.8) is 0 Å². The first kappa shape index (κ1) is 21.5. The standard InChI is InChI=1S/C22H35NO4/c1-17(24)19-10-5-6-11-20(19)26-16-8-7-9-18-12-14-23(15-13-18)21(25)27-22(2,3)4/h5-6,10-11,17-18,24H,7-9,12-16H2,1-4H3. The zero-order valence-corrected chi connectivity index (χ0v) is 17.2. The smallest absolute Gasteiger partial charge is 0.410 e. The summed E-state index contributed by atoms with van der Waals surface area (Å²) in [5.41, 5.74) is 0.410. The van der Waals surface area contributed by atoms with Crippen molar-refractivity contribution in [3.8, 4) is 5.75 Å². The molecule has 0 spiro atoms. The lowest BCUT2D eigenvalue weighted by Crippen LogP contribution is -2.41. The molecule has 1 aliphatic heterocycles. The van der Waals surface area contributed by atoms with E-state index < -0.39 is 11.7 Å². The lowest BCUT2D eigenvalue weighted by molar-refractivity contribution is 0.0180. The monoisotopic (exact) mass is 377 g/mol. The molecule has 27 heavy (non-hydrogen) atoms. The number of rotatable bonds is 7. The zero-order chi connectivity index (χ0) is 19.9. The van der Waals surface area contributed by atoms with Gasteiger partial charge in [-0.1, -0.05) is 24.6 Å². The third kappa shape index (κ3) is 7.41. The normalized spacial score (nSPS) is 16.9. The molecule has 1 amide bonds. The van der Waals surface area contributed by atoms with Crippen molar-refractivity contribution in [2.45, 2.75) is 71.5 Å². The Hall–Kier alpha value is -1.75. The van der Waals surface area contributed by atoms with Crippen LogP contribution in [0.2, 0.25) is 0 Å².